The average molecular weight is 1640 g/mol. The third kappa shape index (κ3) is 89.0. The molecule has 0 aliphatic carbocycles. The maximum absolute atomic E-state index is 13.0. The number of carbonyl (C=O) groups is 3. The molecule has 0 bridgehead atoms. The summed E-state index contributed by atoms with van der Waals surface area (Å²) in [6.45, 7) is 2.30. The van der Waals surface area contributed by atoms with Crippen molar-refractivity contribution in [3.05, 3.63) is 194 Å². The van der Waals surface area contributed by atoms with Gasteiger partial charge in [-0.3, -0.25) is 32.5 Å². The highest BCUT2D eigenvalue weighted by molar-refractivity contribution is 7.47. The molecule has 0 saturated heterocycles. The Hall–Kier alpha value is -5.61. The fourth-order valence-electron chi connectivity index (χ4n) is 11.6. The molecule has 4 N–H and O–H groups in total. The number of aliphatic hydroxyl groups is 2. The van der Waals surface area contributed by atoms with Gasteiger partial charge in [0, 0.05) is 19.3 Å². The summed E-state index contributed by atoms with van der Waals surface area (Å²) in [5, 5.41) is 20.7. The summed E-state index contributed by atoms with van der Waals surface area (Å²) in [5.74, 6) is -1.63. The number of phosphoric ester groups is 2. The van der Waals surface area contributed by atoms with Gasteiger partial charge >= 0.3 is 33.6 Å². The van der Waals surface area contributed by atoms with Gasteiger partial charge in [0.1, 0.15) is 25.4 Å². The molecule has 0 fully saturated rings. The quantitative estimate of drug-likeness (QED) is 0.0146. The van der Waals surface area contributed by atoms with Crippen molar-refractivity contribution in [2.24, 2.45) is 0 Å². The van der Waals surface area contributed by atoms with Crippen molar-refractivity contribution in [1.29, 1.82) is 0 Å². The van der Waals surface area contributed by atoms with Gasteiger partial charge in [-0.2, -0.15) is 0 Å². The standard InChI is InChI=1S/C97H160O16P2/c1-4-7-10-13-16-19-22-25-28-31-34-37-39-41-43-44-45-46-48-50-51-54-56-59-62-65-68-71-74-77-80-83-95(100)107-86-92(98)87-109-114(103,104)110-88-93(99)89-111-115(105,106)112-91-94(113-97(102)85-82-79-76-73-70-67-64-61-58-53-36-33-30-27-24-21-18-15-12-9-6-3)90-108-96(101)84-81-78-75-72-69-66-63-60-57-55-52-49-47-42-40-38-35-32-29-26-23-20-17-14-11-8-5-2/h7-12,16-21,25-30,34-38,41-43,47,53,61,64,70,73,92-94,98-99H,4-6,13-15,22-24,31-33,39-40,44-46,48-52,54-60,62-63,65-69,71-72,74-91H2,1-3H3,(H,103,104)(H,105,106)/b10-7-,11-8-,12-9-,19-16-,20-17-,21-18-,28-25-,29-26-,30-27-,37-34-,38-35-,43-41-,47-42-,53-36-,64-61-,73-70-. The topological polar surface area (TPSA) is 231 Å². The minimum Gasteiger partial charge on any atom is -0.463 e. The summed E-state index contributed by atoms with van der Waals surface area (Å²) in [5.41, 5.74) is 0. The zero-order valence-corrected chi connectivity index (χ0v) is 73.7. The largest absolute Gasteiger partial charge is 0.472 e. The second-order valence-corrected chi connectivity index (χ2v) is 32.2. The monoisotopic (exact) mass is 1640 g/mol. The molecular formula is C97H160O16P2. The highest BCUT2D eigenvalue weighted by Crippen LogP contribution is 2.45. The summed E-state index contributed by atoms with van der Waals surface area (Å²) >= 11 is 0. The van der Waals surface area contributed by atoms with Crippen molar-refractivity contribution in [1.82, 2.24) is 0 Å². The van der Waals surface area contributed by atoms with Gasteiger partial charge in [0.05, 0.1) is 26.4 Å². The van der Waals surface area contributed by atoms with Gasteiger partial charge in [-0.1, -0.05) is 356 Å². The lowest BCUT2D eigenvalue weighted by Gasteiger charge is -2.21. The Bertz CT molecular complexity index is 2870. The molecule has 0 aromatic carbocycles. The summed E-state index contributed by atoms with van der Waals surface area (Å²) < 4.78 is 61.4. The number of rotatable bonds is 83. The predicted molar refractivity (Wildman–Crippen MR) is 481 cm³/mol. The number of allylic oxidation sites excluding steroid dienone is 32. The van der Waals surface area contributed by atoms with Crippen molar-refractivity contribution < 1.29 is 75.8 Å². The van der Waals surface area contributed by atoms with Crippen LogP contribution in [0.5, 0.6) is 0 Å². The van der Waals surface area contributed by atoms with Crippen LogP contribution < -0.4 is 0 Å². The first kappa shape index (κ1) is 109. The molecule has 0 radical (unpaired) electrons. The Morgan fingerprint density at radius 2 is 0.435 bits per heavy atom. The van der Waals surface area contributed by atoms with Crippen LogP contribution in [0.4, 0.5) is 0 Å². The van der Waals surface area contributed by atoms with Gasteiger partial charge < -0.3 is 34.2 Å². The number of phosphoric acid groups is 2. The van der Waals surface area contributed by atoms with Gasteiger partial charge in [-0.25, -0.2) is 9.13 Å². The Kier molecular flexibility index (Phi) is 83.4. The predicted octanol–water partition coefficient (Wildman–Crippen LogP) is 27.4. The van der Waals surface area contributed by atoms with Crippen LogP contribution in [0.3, 0.4) is 0 Å². The Morgan fingerprint density at radius 3 is 0.704 bits per heavy atom. The molecule has 654 valence electrons. The van der Waals surface area contributed by atoms with E-state index in [1.165, 1.54) is 116 Å². The molecule has 0 aliphatic rings. The van der Waals surface area contributed by atoms with Crippen molar-refractivity contribution in [2.45, 2.75) is 360 Å². The van der Waals surface area contributed by atoms with Gasteiger partial charge in [-0.15, -0.1) is 0 Å². The lowest BCUT2D eigenvalue weighted by atomic mass is 10.0. The number of carbonyl (C=O) groups excluding carboxylic acids is 3. The minimum atomic E-state index is -4.96. The van der Waals surface area contributed by atoms with E-state index in [-0.39, 0.29) is 19.3 Å². The number of unbranched alkanes of at least 4 members (excludes halogenated alkanes) is 28. The average Bonchev–Trinajstić information content (AvgIpc) is 0.880. The molecular weight excluding hydrogens is 1480 g/mol. The highest BCUT2D eigenvalue weighted by Gasteiger charge is 2.29. The number of ether oxygens (including phenoxy) is 3. The van der Waals surface area contributed by atoms with E-state index in [0.29, 0.717) is 25.7 Å². The van der Waals surface area contributed by atoms with Crippen LogP contribution in [0.15, 0.2) is 194 Å². The Balaban J connectivity index is 4.63. The van der Waals surface area contributed by atoms with E-state index in [4.69, 9.17) is 32.3 Å². The van der Waals surface area contributed by atoms with E-state index >= 15 is 0 Å². The van der Waals surface area contributed by atoms with Gasteiger partial charge in [-0.05, 0) is 161 Å². The molecule has 0 rings (SSSR count). The molecule has 5 atom stereocenters. The smallest absolute Gasteiger partial charge is 0.463 e. The SMILES string of the molecule is CC/C=C\C/C=C\C/C=C\C/C=C\C/C=C\C/C=C\CCCCC(=O)OC(COC(=O)CCCCCCCCCCCCC/C=C\C/C=C\C/C=C\C/C=C\C/C=C\CC)COP(=O)(O)OCC(O)COP(=O)(O)OCC(O)COC(=O)CCCCCCCCCCCCCCCCC/C=C\C/C=C\C/C=C\C/C=C\C/C=C\CC. The normalized spacial score (nSPS) is 14.7. The van der Waals surface area contributed by atoms with Crippen molar-refractivity contribution in [2.75, 3.05) is 39.6 Å². The molecule has 18 heteroatoms. The van der Waals surface area contributed by atoms with E-state index in [1.54, 1.807) is 0 Å². The number of hydrogen-bond acceptors (Lipinski definition) is 14. The van der Waals surface area contributed by atoms with Gasteiger partial charge in [0.25, 0.3) is 0 Å². The third-order valence-corrected chi connectivity index (χ3v) is 20.2. The van der Waals surface area contributed by atoms with Crippen LogP contribution in [-0.4, -0.2) is 95.9 Å². The first-order valence-corrected chi connectivity index (χ1v) is 47.7. The van der Waals surface area contributed by atoms with Crippen LogP contribution in [0.25, 0.3) is 0 Å². The number of aliphatic hydroxyl groups excluding tert-OH is 2. The minimum absolute atomic E-state index is 0.0425. The van der Waals surface area contributed by atoms with E-state index in [2.05, 4.69) is 215 Å². The van der Waals surface area contributed by atoms with Gasteiger partial charge in [0.15, 0.2) is 6.10 Å². The van der Waals surface area contributed by atoms with Crippen molar-refractivity contribution in [3.8, 4) is 0 Å². The summed E-state index contributed by atoms with van der Waals surface area (Å²) in [7, 11) is -9.83. The molecule has 0 spiro atoms. The lowest BCUT2D eigenvalue weighted by molar-refractivity contribution is -0.161. The molecule has 5 unspecified atom stereocenters. The molecule has 16 nitrogen and oxygen atoms in total. The van der Waals surface area contributed by atoms with Crippen molar-refractivity contribution >= 4 is 33.6 Å². The van der Waals surface area contributed by atoms with Crippen molar-refractivity contribution in [3.63, 3.8) is 0 Å². The molecule has 0 aromatic heterocycles. The summed E-state index contributed by atoms with van der Waals surface area (Å²) in [4.78, 5) is 58.9. The molecule has 0 aromatic rings. The fraction of sp³-hybridized carbons (Fsp3) is 0.639. The second-order valence-electron chi connectivity index (χ2n) is 29.3. The van der Waals surface area contributed by atoms with Crippen LogP contribution in [-0.2, 0) is 55.8 Å². The Morgan fingerprint density at radius 1 is 0.243 bits per heavy atom. The first-order valence-electron chi connectivity index (χ1n) is 44.7. The fourth-order valence-corrected chi connectivity index (χ4v) is 13.2. The number of hydrogen-bond donors (Lipinski definition) is 4. The van der Waals surface area contributed by atoms with Gasteiger partial charge in [0.2, 0.25) is 0 Å². The first-order chi connectivity index (χ1) is 56.2. The lowest BCUT2D eigenvalue weighted by Crippen LogP contribution is -2.30. The van der Waals surface area contributed by atoms with Crippen LogP contribution in [0.2, 0.25) is 0 Å². The molecule has 0 heterocycles. The molecule has 0 amide bonds. The zero-order chi connectivity index (χ0) is 83.6. The Labute approximate surface area is 699 Å². The highest BCUT2D eigenvalue weighted by atomic mass is 31.2. The number of esters is 3. The summed E-state index contributed by atoms with van der Waals surface area (Å²) in [6.07, 6.45) is 116. The molecule has 115 heavy (non-hydrogen) atoms. The maximum Gasteiger partial charge on any atom is 0.472 e. The van der Waals surface area contributed by atoms with E-state index < -0.39 is 91.5 Å². The zero-order valence-electron chi connectivity index (χ0n) is 71.9. The molecule has 0 saturated carbocycles. The van der Waals surface area contributed by atoms with Crippen LogP contribution >= 0.6 is 15.6 Å². The van der Waals surface area contributed by atoms with E-state index in [1.807, 2.05) is 0 Å². The summed E-state index contributed by atoms with van der Waals surface area (Å²) in [6, 6.07) is 0. The molecule has 0 aliphatic heterocycles. The van der Waals surface area contributed by atoms with Crippen LogP contribution in [0, 0.1) is 0 Å². The third-order valence-electron chi connectivity index (χ3n) is 18.3. The maximum atomic E-state index is 13.0. The van der Waals surface area contributed by atoms with E-state index in [0.717, 1.165) is 161 Å². The second kappa shape index (κ2) is 87.7. The van der Waals surface area contributed by atoms with Crippen LogP contribution in [0.1, 0.15) is 342 Å². The van der Waals surface area contributed by atoms with E-state index in [9.17, 15) is 43.5 Å².